The van der Waals surface area contributed by atoms with Crippen molar-refractivity contribution < 1.29 is 14.3 Å². The van der Waals surface area contributed by atoms with Crippen LogP contribution < -0.4 is 20.1 Å². The van der Waals surface area contributed by atoms with Crippen LogP contribution in [0.4, 0.5) is 4.79 Å². The Morgan fingerprint density at radius 3 is 2.41 bits per heavy atom. The molecule has 5 nitrogen and oxygen atoms in total. The number of methoxy groups -OCH3 is 2. The molecule has 0 spiro atoms. The minimum absolute atomic E-state index is 0.0957. The molecule has 0 radical (unpaired) electrons. The third-order valence-corrected chi connectivity index (χ3v) is 4.09. The number of rotatable bonds is 5. The van der Waals surface area contributed by atoms with Crippen molar-refractivity contribution in [2.75, 3.05) is 14.2 Å². The number of carbonyl (C=O) groups excluding carboxylic acids is 1. The number of benzene rings is 1. The summed E-state index contributed by atoms with van der Waals surface area (Å²) in [5.41, 5.74) is 0.980. The molecule has 1 fully saturated rings. The van der Waals surface area contributed by atoms with Crippen LogP contribution in [0, 0.1) is 0 Å². The minimum Gasteiger partial charge on any atom is -0.493 e. The van der Waals surface area contributed by atoms with Gasteiger partial charge in [-0.2, -0.15) is 0 Å². The Hall–Kier alpha value is -1.91. The predicted octanol–water partition coefficient (Wildman–Crippen LogP) is 3.23. The lowest BCUT2D eigenvalue weighted by Crippen LogP contribution is -2.41. The van der Waals surface area contributed by atoms with Crippen LogP contribution in [0.25, 0.3) is 0 Å². The van der Waals surface area contributed by atoms with Gasteiger partial charge in [0.1, 0.15) is 0 Å². The number of amides is 2. The zero-order valence-corrected chi connectivity index (χ0v) is 13.5. The number of carbonyl (C=O) groups is 1. The molecule has 0 aliphatic heterocycles. The van der Waals surface area contributed by atoms with E-state index in [2.05, 4.69) is 10.6 Å². The van der Waals surface area contributed by atoms with Gasteiger partial charge in [-0.3, -0.25) is 0 Å². The average Bonchev–Trinajstić information content (AvgIpc) is 2.81. The van der Waals surface area contributed by atoms with Gasteiger partial charge in [-0.1, -0.05) is 31.7 Å². The normalized spacial score (nSPS) is 15.7. The van der Waals surface area contributed by atoms with E-state index in [1.165, 1.54) is 25.7 Å². The van der Waals surface area contributed by atoms with E-state index < -0.39 is 0 Å². The Bertz CT molecular complexity index is 483. The molecule has 2 rings (SSSR count). The molecule has 5 heteroatoms. The van der Waals surface area contributed by atoms with Gasteiger partial charge in [0, 0.05) is 12.6 Å². The largest absolute Gasteiger partial charge is 0.493 e. The first-order valence-corrected chi connectivity index (χ1v) is 7.98. The van der Waals surface area contributed by atoms with E-state index in [0.29, 0.717) is 24.1 Å². The average molecular weight is 306 g/mol. The number of hydrogen-bond donors (Lipinski definition) is 2. The molecule has 22 heavy (non-hydrogen) atoms. The summed E-state index contributed by atoms with van der Waals surface area (Å²) in [4.78, 5) is 12.0. The van der Waals surface area contributed by atoms with Gasteiger partial charge in [-0.15, -0.1) is 0 Å². The number of urea groups is 1. The van der Waals surface area contributed by atoms with Crippen LogP contribution in [-0.4, -0.2) is 26.3 Å². The van der Waals surface area contributed by atoms with Gasteiger partial charge >= 0.3 is 6.03 Å². The van der Waals surface area contributed by atoms with Gasteiger partial charge in [0.25, 0.3) is 0 Å². The SMILES string of the molecule is COc1ccc(CNC(=O)NC2CCCCCC2)cc1OC. The molecule has 1 aromatic rings. The molecule has 0 aromatic heterocycles. The van der Waals surface area contributed by atoms with Crippen molar-refractivity contribution in [2.45, 2.75) is 51.1 Å². The van der Waals surface area contributed by atoms with Gasteiger partial charge in [0.05, 0.1) is 14.2 Å². The van der Waals surface area contributed by atoms with Gasteiger partial charge < -0.3 is 20.1 Å². The van der Waals surface area contributed by atoms with Gasteiger partial charge in [-0.25, -0.2) is 4.79 Å². The van der Waals surface area contributed by atoms with Crippen molar-refractivity contribution >= 4 is 6.03 Å². The van der Waals surface area contributed by atoms with E-state index in [0.717, 1.165) is 18.4 Å². The fourth-order valence-electron chi connectivity index (χ4n) is 2.83. The molecule has 1 aromatic carbocycles. The molecule has 0 unspecified atom stereocenters. The lowest BCUT2D eigenvalue weighted by molar-refractivity contribution is 0.235. The smallest absolute Gasteiger partial charge is 0.315 e. The Labute approximate surface area is 132 Å². The van der Waals surface area contributed by atoms with E-state index in [4.69, 9.17) is 9.47 Å². The van der Waals surface area contributed by atoms with E-state index >= 15 is 0 Å². The van der Waals surface area contributed by atoms with E-state index in [1.807, 2.05) is 18.2 Å². The number of nitrogens with one attached hydrogen (secondary N) is 2. The molecule has 0 bridgehead atoms. The topological polar surface area (TPSA) is 59.6 Å². The van der Waals surface area contributed by atoms with Crippen LogP contribution in [-0.2, 0) is 6.54 Å². The highest BCUT2D eigenvalue weighted by atomic mass is 16.5. The van der Waals surface area contributed by atoms with Crippen molar-refractivity contribution in [3.05, 3.63) is 23.8 Å². The summed E-state index contributed by atoms with van der Waals surface area (Å²) >= 11 is 0. The summed E-state index contributed by atoms with van der Waals surface area (Å²) in [5.74, 6) is 1.36. The molecule has 122 valence electrons. The zero-order valence-electron chi connectivity index (χ0n) is 13.5. The second-order valence-electron chi connectivity index (χ2n) is 5.70. The fourth-order valence-corrected chi connectivity index (χ4v) is 2.83. The quantitative estimate of drug-likeness (QED) is 0.821. The third kappa shape index (κ3) is 4.83. The summed E-state index contributed by atoms with van der Waals surface area (Å²) in [6.07, 6.45) is 7.16. The molecule has 2 N–H and O–H groups in total. The fraction of sp³-hybridized carbons (Fsp3) is 0.588. The van der Waals surface area contributed by atoms with Gasteiger partial charge in [-0.05, 0) is 30.5 Å². The Balaban J connectivity index is 1.82. The molecule has 1 aliphatic rings. The molecular weight excluding hydrogens is 280 g/mol. The number of hydrogen-bond acceptors (Lipinski definition) is 3. The van der Waals surface area contributed by atoms with Crippen molar-refractivity contribution in [2.24, 2.45) is 0 Å². The molecule has 0 atom stereocenters. The van der Waals surface area contributed by atoms with Crippen LogP contribution in [0.2, 0.25) is 0 Å². The molecule has 2 amide bonds. The predicted molar refractivity (Wildman–Crippen MR) is 86.4 cm³/mol. The molecule has 1 saturated carbocycles. The first-order valence-electron chi connectivity index (χ1n) is 7.98. The summed E-state index contributed by atoms with van der Waals surface area (Å²) in [5, 5.41) is 5.98. The van der Waals surface area contributed by atoms with Crippen LogP contribution in [0.15, 0.2) is 18.2 Å². The highest BCUT2D eigenvalue weighted by Gasteiger charge is 2.14. The first-order chi connectivity index (χ1) is 10.7. The summed E-state index contributed by atoms with van der Waals surface area (Å²) in [6.45, 7) is 0.471. The Morgan fingerprint density at radius 1 is 1.09 bits per heavy atom. The van der Waals surface area contributed by atoms with Gasteiger partial charge in [0.15, 0.2) is 11.5 Å². The maximum Gasteiger partial charge on any atom is 0.315 e. The molecular formula is C17H26N2O3. The van der Waals surface area contributed by atoms with E-state index in [1.54, 1.807) is 14.2 Å². The molecule has 1 aliphatic carbocycles. The van der Waals surface area contributed by atoms with Crippen molar-refractivity contribution in [1.82, 2.24) is 10.6 Å². The van der Waals surface area contributed by atoms with Crippen LogP contribution in [0.1, 0.15) is 44.1 Å². The maximum absolute atomic E-state index is 12.0. The lowest BCUT2D eigenvalue weighted by Gasteiger charge is -2.17. The summed E-state index contributed by atoms with van der Waals surface area (Å²) in [6, 6.07) is 5.87. The zero-order chi connectivity index (χ0) is 15.8. The van der Waals surface area contributed by atoms with Crippen LogP contribution in [0.5, 0.6) is 11.5 Å². The Morgan fingerprint density at radius 2 is 1.77 bits per heavy atom. The second-order valence-corrected chi connectivity index (χ2v) is 5.70. The van der Waals surface area contributed by atoms with E-state index in [-0.39, 0.29) is 6.03 Å². The first kappa shape index (κ1) is 16.5. The van der Waals surface area contributed by atoms with Crippen molar-refractivity contribution in [3.63, 3.8) is 0 Å². The van der Waals surface area contributed by atoms with E-state index in [9.17, 15) is 4.79 Å². The standard InChI is InChI=1S/C17H26N2O3/c1-21-15-10-9-13(11-16(15)22-2)12-18-17(20)19-14-7-5-3-4-6-8-14/h9-11,14H,3-8,12H2,1-2H3,(H2,18,19,20). The van der Waals surface area contributed by atoms with Gasteiger partial charge in [0.2, 0.25) is 0 Å². The minimum atomic E-state index is -0.0957. The van der Waals surface area contributed by atoms with Crippen molar-refractivity contribution in [1.29, 1.82) is 0 Å². The third-order valence-electron chi connectivity index (χ3n) is 4.09. The maximum atomic E-state index is 12.0. The monoisotopic (exact) mass is 306 g/mol. The highest BCUT2D eigenvalue weighted by Crippen LogP contribution is 2.27. The van der Waals surface area contributed by atoms with Crippen LogP contribution in [0.3, 0.4) is 0 Å². The highest BCUT2D eigenvalue weighted by molar-refractivity contribution is 5.74. The summed E-state index contributed by atoms with van der Waals surface area (Å²) in [7, 11) is 3.21. The van der Waals surface area contributed by atoms with Crippen LogP contribution >= 0.6 is 0 Å². The van der Waals surface area contributed by atoms with Crippen molar-refractivity contribution in [3.8, 4) is 11.5 Å². The molecule has 0 saturated heterocycles. The second kappa shape index (κ2) is 8.51. The number of ether oxygens (including phenoxy) is 2. The lowest BCUT2D eigenvalue weighted by atomic mass is 10.1. The Kier molecular flexibility index (Phi) is 6.37. The molecule has 0 heterocycles. The summed E-state index contributed by atoms with van der Waals surface area (Å²) < 4.78 is 10.5.